The van der Waals surface area contributed by atoms with Crippen LogP contribution in [-0.4, -0.2) is 25.8 Å². The Morgan fingerprint density at radius 3 is 2.70 bits per heavy atom. The van der Waals surface area contributed by atoms with E-state index in [0.717, 1.165) is 36.3 Å². The summed E-state index contributed by atoms with van der Waals surface area (Å²) in [4.78, 5) is 11.8. The van der Waals surface area contributed by atoms with Crippen LogP contribution in [0.2, 0.25) is 0 Å². The molecule has 2 amide bonds. The zero-order valence-electron chi connectivity index (χ0n) is 11.7. The lowest BCUT2D eigenvalue weighted by Gasteiger charge is -2.22. The molecule has 1 fully saturated rings. The highest BCUT2D eigenvalue weighted by Gasteiger charge is 2.46. The molecule has 0 spiro atoms. The van der Waals surface area contributed by atoms with Crippen molar-refractivity contribution in [3.05, 3.63) is 23.8 Å². The van der Waals surface area contributed by atoms with E-state index in [0.29, 0.717) is 19.8 Å². The predicted molar refractivity (Wildman–Crippen MR) is 75.2 cm³/mol. The fraction of sp³-hybridized carbons (Fsp3) is 0.533. The van der Waals surface area contributed by atoms with E-state index in [1.807, 2.05) is 25.1 Å². The van der Waals surface area contributed by atoms with Crippen LogP contribution in [0.15, 0.2) is 18.2 Å². The van der Waals surface area contributed by atoms with E-state index < -0.39 is 0 Å². The summed E-state index contributed by atoms with van der Waals surface area (Å²) in [5.74, 6) is 1.56. The number of carbonyl (C=O) groups is 1. The molecule has 1 aliphatic carbocycles. The average molecular weight is 276 g/mol. The lowest BCUT2D eigenvalue weighted by molar-refractivity contribution is 0.171. The first kappa shape index (κ1) is 13.1. The normalized spacial score (nSPS) is 18.2. The zero-order valence-corrected chi connectivity index (χ0v) is 11.7. The number of nitrogens with one attached hydrogen (secondary N) is 2. The molecule has 1 saturated carbocycles. The fourth-order valence-electron chi connectivity index (χ4n) is 2.45. The van der Waals surface area contributed by atoms with Gasteiger partial charge in [-0.1, -0.05) is 13.0 Å². The van der Waals surface area contributed by atoms with Gasteiger partial charge >= 0.3 is 6.03 Å². The molecule has 5 nitrogen and oxygen atoms in total. The van der Waals surface area contributed by atoms with Crippen molar-refractivity contribution in [3.63, 3.8) is 0 Å². The topological polar surface area (TPSA) is 59.6 Å². The molecule has 108 valence electrons. The molecule has 20 heavy (non-hydrogen) atoms. The average Bonchev–Trinajstić information content (AvgIpc) is 3.25. The number of benzene rings is 1. The van der Waals surface area contributed by atoms with Gasteiger partial charge in [0, 0.05) is 6.54 Å². The van der Waals surface area contributed by atoms with Crippen molar-refractivity contribution in [2.24, 2.45) is 0 Å². The molecule has 5 heteroatoms. The minimum Gasteiger partial charge on any atom is -0.486 e. The van der Waals surface area contributed by atoms with Crippen LogP contribution < -0.4 is 20.1 Å². The number of ether oxygens (including phenoxy) is 2. The van der Waals surface area contributed by atoms with Gasteiger partial charge in [0.2, 0.25) is 0 Å². The molecule has 0 atom stereocenters. The Kier molecular flexibility index (Phi) is 3.42. The number of urea groups is 1. The van der Waals surface area contributed by atoms with Gasteiger partial charge in [-0.2, -0.15) is 0 Å². The summed E-state index contributed by atoms with van der Waals surface area (Å²) in [5.41, 5.74) is 0.863. The van der Waals surface area contributed by atoms with E-state index in [-0.39, 0.29) is 11.6 Å². The second-order valence-electron chi connectivity index (χ2n) is 5.32. The van der Waals surface area contributed by atoms with Crippen LogP contribution >= 0.6 is 0 Å². The molecule has 0 radical (unpaired) electrons. The smallest absolute Gasteiger partial charge is 0.315 e. The van der Waals surface area contributed by atoms with Gasteiger partial charge in [-0.3, -0.25) is 0 Å². The zero-order chi connectivity index (χ0) is 14.0. The third-order valence-electron chi connectivity index (χ3n) is 3.73. The van der Waals surface area contributed by atoms with Crippen molar-refractivity contribution in [3.8, 4) is 11.5 Å². The molecule has 3 rings (SSSR count). The van der Waals surface area contributed by atoms with Crippen LogP contribution in [0, 0.1) is 0 Å². The first-order valence-electron chi connectivity index (χ1n) is 7.20. The second-order valence-corrected chi connectivity index (χ2v) is 5.32. The molecule has 1 aromatic carbocycles. The Hall–Kier alpha value is -1.91. The van der Waals surface area contributed by atoms with Crippen LogP contribution in [0.25, 0.3) is 0 Å². The van der Waals surface area contributed by atoms with Gasteiger partial charge in [0.25, 0.3) is 0 Å². The van der Waals surface area contributed by atoms with Gasteiger partial charge in [-0.15, -0.1) is 0 Å². The van der Waals surface area contributed by atoms with E-state index in [1.165, 1.54) is 0 Å². The highest BCUT2D eigenvalue weighted by Crippen LogP contribution is 2.47. The van der Waals surface area contributed by atoms with Crippen LogP contribution in [0.4, 0.5) is 4.79 Å². The Morgan fingerprint density at radius 2 is 2.00 bits per heavy atom. The molecule has 0 aromatic heterocycles. The highest BCUT2D eigenvalue weighted by atomic mass is 16.6. The minimum absolute atomic E-state index is 0.0979. The number of hydrogen-bond donors (Lipinski definition) is 2. The number of amides is 2. The van der Waals surface area contributed by atoms with Crippen LogP contribution in [0.3, 0.4) is 0 Å². The Morgan fingerprint density at radius 1 is 1.25 bits per heavy atom. The molecule has 2 N–H and O–H groups in total. The van der Waals surface area contributed by atoms with Gasteiger partial charge in [0.15, 0.2) is 11.5 Å². The Labute approximate surface area is 118 Å². The largest absolute Gasteiger partial charge is 0.486 e. The van der Waals surface area contributed by atoms with E-state index >= 15 is 0 Å². The van der Waals surface area contributed by atoms with E-state index in [1.54, 1.807) is 0 Å². The van der Waals surface area contributed by atoms with Crippen molar-refractivity contribution < 1.29 is 14.3 Å². The van der Waals surface area contributed by atoms with Crippen molar-refractivity contribution in [1.82, 2.24) is 10.6 Å². The minimum atomic E-state index is -0.229. The quantitative estimate of drug-likeness (QED) is 0.886. The number of fused-ring (bicyclic) bond motifs is 1. The maximum Gasteiger partial charge on any atom is 0.315 e. The van der Waals surface area contributed by atoms with Gasteiger partial charge < -0.3 is 20.1 Å². The Balaban J connectivity index is 1.73. The summed E-state index contributed by atoms with van der Waals surface area (Å²) in [5, 5.41) is 5.93. The monoisotopic (exact) mass is 276 g/mol. The summed E-state index contributed by atoms with van der Waals surface area (Å²) in [6.45, 7) is 3.90. The third kappa shape index (κ3) is 2.53. The third-order valence-corrected chi connectivity index (χ3v) is 3.73. The van der Waals surface area contributed by atoms with Crippen molar-refractivity contribution >= 4 is 6.03 Å². The van der Waals surface area contributed by atoms with E-state index in [9.17, 15) is 4.79 Å². The maximum absolute atomic E-state index is 11.8. The van der Waals surface area contributed by atoms with Crippen molar-refractivity contribution in [1.29, 1.82) is 0 Å². The predicted octanol–water partition coefficient (Wildman–Crippen LogP) is 2.16. The summed E-state index contributed by atoms with van der Waals surface area (Å²) in [6, 6.07) is 5.83. The molecule has 1 aromatic rings. The van der Waals surface area contributed by atoms with E-state index in [4.69, 9.17) is 9.47 Å². The van der Waals surface area contributed by atoms with Crippen molar-refractivity contribution in [2.75, 3.05) is 19.8 Å². The molecule has 2 aliphatic rings. The number of hydrogen-bond acceptors (Lipinski definition) is 3. The van der Waals surface area contributed by atoms with Crippen molar-refractivity contribution in [2.45, 2.75) is 31.7 Å². The number of carbonyl (C=O) groups excluding carboxylic acids is 1. The molecule has 1 aliphatic heterocycles. The SMILES string of the molecule is CCCNC(=O)NC1(c2ccc3c(c2)OCCO3)CC1. The Bertz CT molecular complexity index is 512. The van der Waals surface area contributed by atoms with E-state index in [2.05, 4.69) is 10.6 Å². The van der Waals surface area contributed by atoms with Gasteiger partial charge in [0.05, 0.1) is 5.54 Å². The second kappa shape index (κ2) is 5.23. The molecule has 1 heterocycles. The van der Waals surface area contributed by atoms with Gasteiger partial charge in [-0.25, -0.2) is 4.79 Å². The van der Waals surface area contributed by atoms with Gasteiger partial charge in [0.1, 0.15) is 13.2 Å². The summed E-state index contributed by atoms with van der Waals surface area (Å²) >= 11 is 0. The first-order valence-corrected chi connectivity index (χ1v) is 7.20. The fourth-order valence-corrected chi connectivity index (χ4v) is 2.45. The summed E-state index contributed by atoms with van der Waals surface area (Å²) in [7, 11) is 0. The number of rotatable bonds is 4. The van der Waals surface area contributed by atoms with Crippen LogP contribution in [0.5, 0.6) is 11.5 Å². The van der Waals surface area contributed by atoms with Gasteiger partial charge in [-0.05, 0) is 37.0 Å². The standard InChI is InChI=1S/C15H20N2O3/c1-2-7-16-14(18)17-15(5-6-15)11-3-4-12-13(10-11)20-9-8-19-12/h3-4,10H,2,5-9H2,1H3,(H2,16,17,18). The van der Waals surface area contributed by atoms with Crippen LogP contribution in [-0.2, 0) is 5.54 Å². The molecular weight excluding hydrogens is 256 g/mol. The summed E-state index contributed by atoms with van der Waals surface area (Å²) < 4.78 is 11.1. The molecule has 0 bridgehead atoms. The molecule has 0 saturated heterocycles. The lowest BCUT2D eigenvalue weighted by atomic mass is 10.0. The molecular formula is C15H20N2O3. The maximum atomic E-state index is 11.8. The summed E-state index contributed by atoms with van der Waals surface area (Å²) in [6.07, 6.45) is 2.86. The highest BCUT2D eigenvalue weighted by molar-refractivity contribution is 5.75. The molecule has 0 unspecified atom stereocenters. The lowest BCUT2D eigenvalue weighted by Crippen LogP contribution is -2.42. The first-order chi connectivity index (χ1) is 9.73. The van der Waals surface area contributed by atoms with Crippen LogP contribution in [0.1, 0.15) is 31.7 Å².